The molecule has 1 saturated heterocycles. The number of amides is 2. The first-order valence-electron chi connectivity index (χ1n) is 23.2. The molecule has 0 radical (unpaired) electrons. The number of nitrogens with one attached hydrogen (secondary N) is 3. The van der Waals surface area contributed by atoms with Crippen LogP contribution < -0.4 is 21.7 Å². The molecule has 0 aromatic heterocycles. The average Bonchev–Trinajstić information content (AvgIpc) is 3.18. The fraction of sp³-hybridized carbons (Fsp3) is 0.720. The van der Waals surface area contributed by atoms with E-state index in [9.17, 15) is 9.59 Å². The monoisotopic (exact) mass is 777 g/mol. The normalized spacial score (nSPS) is 45.5. The molecule has 308 valence electrons. The average molecular weight is 777 g/mol. The fourth-order valence-electron chi connectivity index (χ4n) is 17.2. The Balaban J connectivity index is 0.981. The van der Waals surface area contributed by atoms with Gasteiger partial charge in [0.25, 0.3) is 0 Å². The summed E-state index contributed by atoms with van der Waals surface area (Å²) in [5.74, 6) is 1.65. The van der Waals surface area contributed by atoms with Gasteiger partial charge in [-0.25, -0.2) is 4.39 Å². The van der Waals surface area contributed by atoms with Gasteiger partial charge in [0.15, 0.2) is 0 Å². The molecule has 5 N–H and O–H groups in total. The molecule has 1 aliphatic heterocycles. The number of hydrogen-bond acceptors (Lipinski definition) is 4. The van der Waals surface area contributed by atoms with Crippen molar-refractivity contribution in [1.82, 2.24) is 16.0 Å². The highest BCUT2D eigenvalue weighted by Gasteiger charge is 2.70. The Morgan fingerprint density at radius 3 is 2.04 bits per heavy atom. The second kappa shape index (κ2) is 13.6. The Kier molecular flexibility index (Phi) is 9.19. The summed E-state index contributed by atoms with van der Waals surface area (Å²) in [5, 5.41) is 10.2. The maximum absolute atomic E-state index is 15.2. The zero-order chi connectivity index (χ0) is 39.3. The van der Waals surface area contributed by atoms with Crippen LogP contribution in [-0.2, 0) is 25.8 Å². The van der Waals surface area contributed by atoms with E-state index in [0.717, 1.165) is 96.6 Å². The van der Waals surface area contributed by atoms with E-state index in [1.165, 1.54) is 48.8 Å². The fourth-order valence-corrected chi connectivity index (χ4v) is 17.2. The van der Waals surface area contributed by atoms with Gasteiger partial charge in [-0.15, -0.1) is 0 Å². The number of halogens is 1. The third kappa shape index (κ3) is 6.27. The molecule has 4 unspecified atom stereocenters. The summed E-state index contributed by atoms with van der Waals surface area (Å²) in [5.41, 5.74) is 9.46. The molecule has 57 heavy (non-hydrogen) atoms. The molecule has 7 heteroatoms. The van der Waals surface area contributed by atoms with Gasteiger partial charge in [0.05, 0.1) is 16.9 Å². The summed E-state index contributed by atoms with van der Waals surface area (Å²) in [4.78, 5) is 29.5. The lowest BCUT2D eigenvalue weighted by Crippen LogP contribution is -2.68. The SMILES string of the molecule is CCC[C@]12CC3CC(C(=O)N[C@H]4CC[C@H](CN)CC4)(C1)C[C@@](c1ccc(C45CC6(C(=O)N[C@@H]7CCNC[C@H]7F)C[C@](C)(C4)C[C@@](c4ccccc4)(C6)C5)cc1)(C3)C2. The van der Waals surface area contributed by atoms with Crippen LogP contribution in [0.4, 0.5) is 4.39 Å². The van der Waals surface area contributed by atoms with E-state index in [1.807, 2.05) is 0 Å². The number of carbonyl (C=O) groups is 2. The largest absolute Gasteiger partial charge is 0.353 e. The molecule has 8 bridgehead atoms. The molecular formula is C50H69FN4O2. The minimum absolute atomic E-state index is 0.0135. The van der Waals surface area contributed by atoms with Crippen LogP contribution in [0.1, 0.15) is 153 Å². The van der Waals surface area contributed by atoms with Crippen molar-refractivity contribution in [1.29, 1.82) is 0 Å². The van der Waals surface area contributed by atoms with Gasteiger partial charge in [0.1, 0.15) is 6.17 Å². The van der Waals surface area contributed by atoms with E-state index in [-0.39, 0.29) is 44.4 Å². The van der Waals surface area contributed by atoms with Gasteiger partial charge in [-0.2, -0.15) is 0 Å². The number of piperidine rings is 1. The van der Waals surface area contributed by atoms with Gasteiger partial charge in [0, 0.05) is 12.6 Å². The van der Waals surface area contributed by atoms with Crippen LogP contribution in [0.2, 0.25) is 0 Å². The van der Waals surface area contributed by atoms with Crippen molar-refractivity contribution in [2.45, 2.75) is 170 Å². The van der Waals surface area contributed by atoms with Crippen molar-refractivity contribution >= 4 is 11.8 Å². The number of hydrogen-bond donors (Lipinski definition) is 4. The number of alkyl halides is 1. The van der Waals surface area contributed by atoms with Crippen molar-refractivity contribution in [2.75, 3.05) is 19.6 Å². The Morgan fingerprint density at radius 2 is 1.37 bits per heavy atom. The Hall–Kier alpha value is -2.77. The molecule has 9 aliphatic carbocycles. The lowest BCUT2D eigenvalue weighted by atomic mass is 9.33. The topological polar surface area (TPSA) is 96.2 Å². The third-order valence-corrected chi connectivity index (χ3v) is 18.0. The van der Waals surface area contributed by atoms with Gasteiger partial charge in [-0.05, 0) is 184 Å². The second-order valence-electron chi connectivity index (χ2n) is 22.5. The van der Waals surface area contributed by atoms with Crippen LogP contribution in [0.5, 0.6) is 0 Å². The van der Waals surface area contributed by atoms with Crippen molar-refractivity contribution in [3.8, 4) is 0 Å². The van der Waals surface area contributed by atoms with Gasteiger partial charge in [-0.1, -0.05) is 74.9 Å². The lowest BCUT2D eigenvalue weighted by molar-refractivity contribution is -0.167. The molecule has 6 nitrogen and oxygen atoms in total. The molecule has 12 rings (SSSR count). The van der Waals surface area contributed by atoms with Gasteiger partial charge in [0.2, 0.25) is 11.8 Å². The van der Waals surface area contributed by atoms with Crippen molar-refractivity contribution in [2.24, 2.45) is 39.2 Å². The second-order valence-corrected chi connectivity index (χ2v) is 22.5. The smallest absolute Gasteiger partial charge is 0.226 e. The van der Waals surface area contributed by atoms with E-state index in [1.54, 1.807) is 0 Å². The molecule has 2 amide bonds. The molecule has 10 fully saturated rings. The van der Waals surface area contributed by atoms with Gasteiger partial charge >= 0.3 is 0 Å². The van der Waals surface area contributed by atoms with E-state index < -0.39 is 17.6 Å². The molecule has 2 aromatic carbocycles. The van der Waals surface area contributed by atoms with Crippen molar-refractivity contribution in [3.05, 3.63) is 71.3 Å². The summed E-state index contributed by atoms with van der Waals surface area (Å²) in [6.07, 6.45) is 18.9. The third-order valence-electron chi connectivity index (χ3n) is 18.0. The number of benzene rings is 2. The van der Waals surface area contributed by atoms with Crippen molar-refractivity contribution in [3.63, 3.8) is 0 Å². The first-order valence-corrected chi connectivity index (χ1v) is 23.2. The first-order chi connectivity index (χ1) is 27.4. The minimum atomic E-state index is -1.06. The van der Waals surface area contributed by atoms with Crippen LogP contribution in [-0.4, -0.2) is 49.7 Å². The van der Waals surface area contributed by atoms with Gasteiger partial charge in [-0.3, -0.25) is 9.59 Å². The quantitative estimate of drug-likeness (QED) is 0.194. The van der Waals surface area contributed by atoms with Crippen LogP contribution in [0, 0.1) is 33.5 Å². The Morgan fingerprint density at radius 1 is 0.719 bits per heavy atom. The Labute approximate surface area is 341 Å². The molecule has 9 saturated carbocycles. The highest BCUT2D eigenvalue weighted by molar-refractivity contribution is 5.85. The van der Waals surface area contributed by atoms with Crippen LogP contribution >= 0.6 is 0 Å². The molecular weight excluding hydrogens is 708 g/mol. The van der Waals surface area contributed by atoms with Crippen LogP contribution in [0.25, 0.3) is 0 Å². The summed E-state index contributed by atoms with van der Waals surface area (Å²) in [7, 11) is 0. The lowest BCUT2D eigenvalue weighted by Gasteiger charge is -2.70. The number of carbonyl (C=O) groups excluding carboxylic acids is 2. The summed E-state index contributed by atoms with van der Waals surface area (Å²) < 4.78 is 15.2. The van der Waals surface area contributed by atoms with Crippen molar-refractivity contribution < 1.29 is 14.0 Å². The van der Waals surface area contributed by atoms with Crippen LogP contribution in [0.3, 0.4) is 0 Å². The summed E-state index contributed by atoms with van der Waals surface area (Å²) in [6, 6.07) is 20.8. The standard InChI is InChI=1S/C50H69FN4O2/c1-3-18-45-20-35-21-46(28-45,30-47(22-35,29-45)42(56)54-39-15-9-34(23-52)10-16-39)37-11-13-38(14-12-37)49-26-44(2)25-48(31-49,36-7-5-4-6-8-36)32-50(27-44,33-49)43(57)55-41-17-19-53-24-40(41)51/h4-8,11-14,34-35,39-41,53H,3,9-10,15-33,52H2,1-2H3,(H,54,56)(H,55,57)/t34-,35?,39-,40-,41-,44+,45-,46-,47?,48+,49?,50?/m1/s1. The zero-order valence-electron chi connectivity index (χ0n) is 34.9. The Bertz CT molecular complexity index is 1860. The summed E-state index contributed by atoms with van der Waals surface area (Å²) in [6.45, 7) is 6.60. The predicted octanol–water partition coefficient (Wildman–Crippen LogP) is 8.69. The molecule has 0 spiro atoms. The van der Waals surface area contributed by atoms with Crippen LogP contribution in [0.15, 0.2) is 54.6 Å². The number of rotatable bonds is 10. The highest BCUT2D eigenvalue weighted by Crippen LogP contribution is 2.75. The van der Waals surface area contributed by atoms with E-state index in [2.05, 4.69) is 84.4 Å². The maximum Gasteiger partial charge on any atom is 0.226 e. The molecule has 10 aliphatic rings. The van der Waals surface area contributed by atoms with Gasteiger partial charge < -0.3 is 21.7 Å². The van der Waals surface area contributed by atoms with E-state index in [0.29, 0.717) is 30.7 Å². The van der Waals surface area contributed by atoms with E-state index in [4.69, 9.17) is 5.73 Å². The number of nitrogens with two attached hydrogens (primary N) is 1. The van der Waals surface area contributed by atoms with E-state index >= 15 is 4.39 Å². The maximum atomic E-state index is 15.2. The minimum Gasteiger partial charge on any atom is -0.353 e. The molecule has 2 aromatic rings. The zero-order valence-corrected chi connectivity index (χ0v) is 34.9. The first kappa shape index (κ1) is 38.4. The summed E-state index contributed by atoms with van der Waals surface area (Å²) >= 11 is 0. The molecule has 10 atom stereocenters. The molecule has 1 heterocycles. The highest BCUT2D eigenvalue weighted by atomic mass is 19.1. The predicted molar refractivity (Wildman–Crippen MR) is 224 cm³/mol.